The second-order valence-electron chi connectivity index (χ2n) is 5.76. The predicted octanol–water partition coefficient (Wildman–Crippen LogP) is 3.32. The van der Waals surface area contributed by atoms with Crippen LogP contribution in [0.2, 0.25) is 0 Å². The maximum Gasteiger partial charge on any atom is 0.0992 e. The molecule has 19 heavy (non-hydrogen) atoms. The van der Waals surface area contributed by atoms with Crippen molar-refractivity contribution in [1.82, 2.24) is 0 Å². The summed E-state index contributed by atoms with van der Waals surface area (Å²) in [6.45, 7) is 1.80. The van der Waals surface area contributed by atoms with E-state index in [0.29, 0.717) is 11.5 Å². The Morgan fingerprint density at radius 2 is 2.11 bits per heavy atom. The summed E-state index contributed by atoms with van der Waals surface area (Å²) >= 11 is 0. The highest BCUT2D eigenvalue weighted by atomic mass is 16.5. The molecule has 3 nitrogen and oxygen atoms in total. The molecule has 1 atom stereocenters. The number of benzene rings is 1. The highest BCUT2D eigenvalue weighted by molar-refractivity contribution is 5.50. The summed E-state index contributed by atoms with van der Waals surface area (Å²) in [5.74, 6) is 0. The average molecular weight is 256 g/mol. The van der Waals surface area contributed by atoms with E-state index in [-0.39, 0.29) is 0 Å². The van der Waals surface area contributed by atoms with Crippen molar-refractivity contribution < 1.29 is 4.74 Å². The first kappa shape index (κ1) is 12.5. The number of nitrogens with one attached hydrogen (secondary N) is 1. The van der Waals surface area contributed by atoms with Gasteiger partial charge in [0, 0.05) is 24.9 Å². The molecular formula is C16H20N2O. The van der Waals surface area contributed by atoms with Gasteiger partial charge in [0.1, 0.15) is 0 Å². The average Bonchev–Trinajstić information content (AvgIpc) is 2.82. The van der Waals surface area contributed by atoms with Crippen molar-refractivity contribution in [3.8, 4) is 6.07 Å². The zero-order valence-electron chi connectivity index (χ0n) is 11.2. The maximum atomic E-state index is 8.97. The zero-order valence-corrected chi connectivity index (χ0v) is 11.2. The van der Waals surface area contributed by atoms with E-state index in [4.69, 9.17) is 10.00 Å². The minimum absolute atomic E-state index is 0.418. The van der Waals surface area contributed by atoms with Gasteiger partial charge in [-0.05, 0) is 49.3 Å². The lowest BCUT2D eigenvalue weighted by Gasteiger charge is -2.39. The molecule has 0 aromatic heterocycles. The number of nitriles is 1. The molecule has 1 saturated heterocycles. The molecule has 0 amide bonds. The predicted molar refractivity (Wildman–Crippen MR) is 74.9 cm³/mol. The largest absolute Gasteiger partial charge is 0.382 e. The lowest BCUT2D eigenvalue weighted by Crippen LogP contribution is -2.40. The first-order valence-electron chi connectivity index (χ1n) is 7.17. The van der Waals surface area contributed by atoms with Crippen LogP contribution in [0.3, 0.4) is 0 Å². The summed E-state index contributed by atoms with van der Waals surface area (Å²) < 4.78 is 5.52. The highest BCUT2D eigenvalue weighted by Gasteiger charge is 2.43. The summed E-state index contributed by atoms with van der Waals surface area (Å²) in [7, 11) is 0. The molecule has 1 unspecified atom stereocenters. The van der Waals surface area contributed by atoms with Gasteiger partial charge in [0.2, 0.25) is 0 Å². The molecule has 0 bridgehead atoms. The fraction of sp³-hybridized carbons (Fsp3) is 0.562. The first-order valence-corrected chi connectivity index (χ1v) is 7.17. The Balaban J connectivity index is 1.76. The van der Waals surface area contributed by atoms with Gasteiger partial charge >= 0.3 is 0 Å². The van der Waals surface area contributed by atoms with E-state index < -0.39 is 0 Å². The first-order chi connectivity index (χ1) is 9.32. The van der Waals surface area contributed by atoms with E-state index in [1.165, 1.54) is 32.1 Å². The molecular weight excluding hydrogens is 236 g/mol. The van der Waals surface area contributed by atoms with Gasteiger partial charge in [-0.2, -0.15) is 5.26 Å². The normalized spacial score (nSPS) is 25.1. The number of rotatable bonds is 2. The highest BCUT2D eigenvalue weighted by Crippen LogP contribution is 2.47. The Morgan fingerprint density at radius 3 is 2.89 bits per heavy atom. The standard InChI is InChI=1S/C16H20N2O/c17-12-13-3-1-4-14(11-13)18-15-5-2-6-16(15)7-9-19-10-8-16/h1,3-4,11,15,18H,2,5-10H2. The molecule has 100 valence electrons. The van der Waals surface area contributed by atoms with Gasteiger partial charge in [-0.15, -0.1) is 0 Å². The van der Waals surface area contributed by atoms with Crippen molar-refractivity contribution in [3.63, 3.8) is 0 Å². The second kappa shape index (κ2) is 5.22. The maximum absolute atomic E-state index is 8.97. The van der Waals surface area contributed by atoms with Gasteiger partial charge in [-0.1, -0.05) is 12.5 Å². The lowest BCUT2D eigenvalue weighted by molar-refractivity contribution is 0.0134. The monoisotopic (exact) mass is 256 g/mol. The molecule has 3 heteroatoms. The third-order valence-corrected chi connectivity index (χ3v) is 4.73. The van der Waals surface area contributed by atoms with Crippen LogP contribution < -0.4 is 5.32 Å². The molecule has 1 spiro atoms. The molecule has 1 aromatic carbocycles. The van der Waals surface area contributed by atoms with Gasteiger partial charge in [0.05, 0.1) is 11.6 Å². The molecule has 2 fully saturated rings. The van der Waals surface area contributed by atoms with Gasteiger partial charge in [0.25, 0.3) is 0 Å². The van der Waals surface area contributed by atoms with Crippen LogP contribution in [-0.4, -0.2) is 19.3 Å². The summed E-state index contributed by atoms with van der Waals surface area (Å²) in [6, 6.07) is 10.5. The Labute approximate surface area is 114 Å². The van der Waals surface area contributed by atoms with Crippen molar-refractivity contribution in [2.75, 3.05) is 18.5 Å². The SMILES string of the molecule is N#Cc1cccc(NC2CCCC23CCOCC3)c1. The molecule has 1 aliphatic carbocycles. The van der Waals surface area contributed by atoms with Crippen LogP contribution in [0, 0.1) is 16.7 Å². The van der Waals surface area contributed by atoms with E-state index >= 15 is 0 Å². The summed E-state index contributed by atoms with van der Waals surface area (Å²) in [6.07, 6.45) is 6.18. The zero-order chi connectivity index (χ0) is 13.1. The Kier molecular flexibility index (Phi) is 3.44. The fourth-order valence-corrected chi connectivity index (χ4v) is 3.62. The molecule has 3 rings (SSSR count). The minimum atomic E-state index is 0.418. The van der Waals surface area contributed by atoms with Crippen LogP contribution >= 0.6 is 0 Å². The van der Waals surface area contributed by atoms with Crippen molar-refractivity contribution in [3.05, 3.63) is 29.8 Å². The Hall–Kier alpha value is -1.53. The van der Waals surface area contributed by atoms with Gasteiger partial charge in [0.15, 0.2) is 0 Å². The Morgan fingerprint density at radius 1 is 1.26 bits per heavy atom. The van der Waals surface area contributed by atoms with E-state index in [1.54, 1.807) is 0 Å². The summed E-state index contributed by atoms with van der Waals surface area (Å²) in [5.41, 5.74) is 2.22. The lowest BCUT2D eigenvalue weighted by atomic mass is 9.75. The molecule has 0 radical (unpaired) electrons. The smallest absolute Gasteiger partial charge is 0.0992 e. The van der Waals surface area contributed by atoms with Crippen LogP contribution in [0.4, 0.5) is 5.69 Å². The number of anilines is 1. The van der Waals surface area contributed by atoms with Gasteiger partial charge < -0.3 is 10.1 Å². The summed E-state index contributed by atoms with van der Waals surface area (Å²) in [4.78, 5) is 0. The van der Waals surface area contributed by atoms with Crippen molar-refractivity contribution >= 4 is 5.69 Å². The molecule has 1 aliphatic heterocycles. The number of hydrogen-bond donors (Lipinski definition) is 1. The van der Waals surface area contributed by atoms with Crippen LogP contribution in [0.25, 0.3) is 0 Å². The van der Waals surface area contributed by atoms with Gasteiger partial charge in [-0.3, -0.25) is 0 Å². The fourth-order valence-electron chi connectivity index (χ4n) is 3.62. The topological polar surface area (TPSA) is 45.0 Å². The van der Waals surface area contributed by atoms with Gasteiger partial charge in [-0.25, -0.2) is 0 Å². The quantitative estimate of drug-likeness (QED) is 0.882. The van der Waals surface area contributed by atoms with E-state index in [2.05, 4.69) is 17.5 Å². The molecule has 1 heterocycles. The van der Waals surface area contributed by atoms with Crippen LogP contribution in [-0.2, 0) is 4.74 Å². The van der Waals surface area contributed by atoms with Crippen LogP contribution in [0.5, 0.6) is 0 Å². The molecule has 1 aromatic rings. The third-order valence-electron chi connectivity index (χ3n) is 4.73. The second-order valence-corrected chi connectivity index (χ2v) is 5.76. The Bertz CT molecular complexity index is 486. The third kappa shape index (κ3) is 2.46. The van der Waals surface area contributed by atoms with Crippen LogP contribution in [0.15, 0.2) is 24.3 Å². The van der Waals surface area contributed by atoms with Crippen molar-refractivity contribution in [2.45, 2.75) is 38.1 Å². The molecule has 1 saturated carbocycles. The summed E-state index contributed by atoms with van der Waals surface area (Å²) in [5, 5.41) is 12.6. The minimum Gasteiger partial charge on any atom is -0.382 e. The van der Waals surface area contributed by atoms with Crippen molar-refractivity contribution in [1.29, 1.82) is 5.26 Å². The van der Waals surface area contributed by atoms with E-state index in [1.807, 2.05) is 18.2 Å². The molecule has 2 aliphatic rings. The van der Waals surface area contributed by atoms with Crippen LogP contribution in [0.1, 0.15) is 37.7 Å². The molecule has 1 N–H and O–H groups in total. The van der Waals surface area contributed by atoms with E-state index in [0.717, 1.165) is 24.5 Å². The van der Waals surface area contributed by atoms with E-state index in [9.17, 15) is 0 Å². The number of hydrogen-bond acceptors (Lipinski definition) is 3. The van der Waals surface area contributed by atoms with Crippen molar-refractivity contribution in [2.24, 2.45) is 5.41 Å². The number of nitrogens with zero attached hydrogens (tertiary/aromatic N) is 1. The number of ether oxygens (including phenoxy) is 1.